The molecule has 0 saturated carbocycles. The minimum atomic E-state index is -0.616. The summed E-state index contributed by atoms with van der Waals surface area (Å²) < 4.78 is 5.62. The topological polar surface area (TPSA) is 90.6 Å². The van der Waals surface area contributed by atoms with Crippen molar-refractivity contribution in [2.24, 2.45) is 0 Å². The predicted molar refractivity (Wildman–Crippen MR) is 102 cm³/mol. The van der Waals surface area contributed by atoms with Gasteiger partial charge in [-0.3, -0.25) is 0 Å². The van der Waals surface area contributed by atoms with Gasteiger partial charge in [-0.15, -0.1) is 0 Å². The van der Waals surface area contributed by atoms with Crippen molar-refractivity contribution in [2.75, 3.05) is 0 Å². The first kappa shape index (κ1) is 19.8. The Morgan fingerprint density at radius 3 is 2.77 bits per heavy atom. The average molecular weight is 357 g/mol. The van der Waals surface area contributed by atoms with Crippen molar-refractivity contribution in [3.05, 3.63) is 47.1 Å². The van der Waals surface area contributed by atoms with E-state index in [1.165, 1.54) is 6.07 Å². The van der Waals surface area contributed by atoms with Crippen LogP contribution in [-0.4, -0.2) is 28.0 Å². The highest BCUT2D eigenvalue weighted by molar-refractivity contribution is 5.99. The van der Waals surface area contributed by atoms with Crippen molar-refractivity contribution in [3.63, 3.8) is 0 Å². The van der Waals surface area contributed by atoms with Crippen LogP contribution < -0.4 is 0 Å². The van der Waals surface area contributed by atoms with Crippen LogP contribution in [0.25, 0.3) is 0 Å². The first-order valence-electron chi connectivity index (χ1n) is 9.06. The van der Waals surface area contributed by atoms with Gasteiger partial charge in [0.2, 0.25) is 0 Å². The zero-order chi connectivity index (χ0) is 19.1. The highest BCUT2D eigenvalue weighted by atomic mass is 16.5. The van der Waals surface area contributed by atoms with Crippen molar-refractivity contribution in [1.82, 2.24) is 0 Å². The van der Waals surface area contributed by atoms with Crippen LogP contribution >= 0.6 is 0 Å². The van der Waals surface area contributed by atoms with E-state index in [4.69, 9.17) is 10.1 Å². The number of cyclic esters (lactones) is 1. The molecule has 0 bridgehead atoms. The van der Waals surface area contributed by atoms with E-state index in [0.717, 1.165) is 37.3 Å². The number of rotatable bonds is 2. The van der Waals surface area contributed by atoms with Gasteiger partial charge in [0, 0.05) is 24.6 Å². The number of allylic oxidation sites excluding steroid dienone is 3. The molecule has 0 amide bonds. The number of phenols is 2. The van der Waals surface area contributed by atoms with Gasteiger partial charge in [0.05, 0.1) is 0 Å². The summed E-state index contributed by atoms with van der Waals surface area (Å²) in [5.41, 5.74) is 1.81. The highest BCUT2D eigenvalue weighted by Gasteiger charge is 2.23. The summed E-state index contributed by atoms with van der Waals surface area (Å²) in [5.74, 6) is -1.08. The van der Waals surface area contributed by atoms with E-state index in [2.05, 4.69) is 6.08 Å². The predicted octanol–water partition coefficient (Wildman–Crippen LogP) is 4.67. The van der Waals surface area contributed by atoms with Crippen LogP contribution in [-0.2, 0) is 11.2 Å². The van der Waals surface area contributed by atoms with Gasteiger partial charge in [0.25, 0.3) is 0 Å². The normalized spacial score (nSPS) is 22.5. The van der Waals surface area contributed by atoms with Crippen LogP contribution in [0, 0.1) is 5.41 Å². The van der Waals surface area contributed by atoms with E-state index in [1.807, 2.05) is 19.9 Å². The second-order valence-corrected chi connectivity index (χ2v) is 6.75. The smallest absolute Gasteiger partial charge is 0.342 e. The van der Waals surface area contributed by atoms with E-state index in [9.17, 15) is 15.0 Å². The van der Waals surface area contributed by atoms with Gasteiger partial charge in [-0.05, 0) is 43.9 Å². The van der Waals surface area contributed by atoms with Crippen LogP contribution in [0.1, 0.15) is 61.9 Å². The largest absolute Gasteiger partial charge is 0.508 e. The first-order valence-corrected chi connectivity index (χ1v) is 9.06. The summed E-state index contributed by atoms with van der Waals surface area (Å²) in [6.45, 7) is 4.01. The number of carbonyl (C=O) groups is 1. The van der Waals surface area contributed by atoms with Gasteiger partial charge in [-0.1, -0.05) is 31.1 Å². The standard InChI is InChI=1S/C21H27NO4/c1-3-7-18-9-6-4-5-8-14(2)10-16(22)11-15-12-17(23)13-19(24)20(15)21(25)26-18/h4,6,10,12-13,18,22-24H,3,5,7-9,11H2,1-2H3/b6-4+,14-10+,22-16?. The van der Waals surface area contributed by atoms with E-state index in [1.54, 1.807) is 6.08 Å². The molecule has 0 saturated heterocycles. The van der Waals surface area contributed by atoms with Gasteiger partial charge in [-0.2, -0.15) is 0 Å². The number of hydrogen-bond acceptors (Lipinski definition) is 5. The van der Waals surface area contributed by atoms with E-state index in [-0.39, 0.29) is 29.6 Å². The van der Waals surface area contributed by atoms with Crippen LogP contribution in [0.2, 0.25) is 0 Å². The Morgan fingerprint density at radius 1 is 1.27 bits per heavy atom. The molecule has 5 heteroatoms. The molecule has 0 fully saturated rings. The minimum Gasteiger partial charge on any atom is -0.508 e. The van der Waals surface area contributed by atoms with Crippen molar-refractivity contribution >= 4 is 11.7 Å². The zero-order valence-corrected chi connectivity index (χ0v) is 15.4. The quantitative estimate of drug-likeness (QED) is 0.530. The van der Waals surface area contributed by atoms with E-state index < -0.39 is 5.97 Å². The number of nitrogens with one attached hydrogen (secondary N) is 1. The molecular weight excluding hydrogens is 330 g/mol. The summed E-state index contributed by atoms with van der Waals surface area (Å²) in [7, 11) is 0. The maximum absolute atomic E-state index is 12.7. The van der Waals surface area contributed by atoms with Crippen molar-refractivity contribution < 1.29 is 19.7 Å². The third-order valence-corrected chi connectivity index (χ3v) is 4.34. The molecule has 1 heterocycles. The molecule has 26 heavy (non-hydrogen) atoms. The fraction of sp³-hybridized carbons (Fsp3) is 0.429. The maximum Gasteiger partial charge on any atom is 0.342 e. The molecule has 1 atom stereocenters. The second kappa shape index (κ2) is 9.22. The number of fused-ring (bicyclic) bond motifs is 1. The van der Waals surface area contributed by atoms with Crippen LogP contribution in [0.15, 0.2) is 35.9 Å². The fourth-order valence-electron chi connectivity index (χ4n) is 3.10. The summed E-state index contributed by atoms with van der Waals surface area (Å²) in [5, 5.41) is 28.2. The molecule has 0 aromatic heterocycles. The van der Waals surface area contributed by atoms with Gasteiger partial charge >= 0.3 is 5.97 Å². The molecule has 1 aromatic carbocycles. The first-order chi connectivity index (χ1) is 12.4. The van der Waals surface area contributed by atoms with Crippen molar-refractivity contribution in [2.45, 2.75) is 58.5 Å². The lowest BCUT2D eigenvalue weighted by molar-refractivity contribution is 0.0283. The Hall–Kier alpha value is -2.56. The molecule has 3 N–H and O–H groups in total. The Bertz CT molecular complexity index is 734. The monoisotopic (exact) mass is 357 g/mol. The molecule has 1 aliphatic heterocycles. The Labute approximate surface area is 154 Å². The Morgan fingerprint density at radius 2 is 2.04 bits per heavy atom. The Balaban J connectivity index is 2.44. The van der Waals surface area contributed by atoms with Crippen LogP contribution in [0.5, 0.6) is 11.5 Å². The molecule has 1 aliphatic rings. The number of aromatic hydroxyl groups is 2. The molecular formula is C21H27NO4. The number of ether oxygens (including phenoxy) is 1. The average Bonchev–Trinajstić information content (AvgIpc) is 2.52. The summed E-state index contributed by atoms with van der Waals surface area (Å²) in [4.78, 5) is 12.7. The molecule has 1 aromatic rings. The van der Waals surface area contributed by atoms with E-state index >= 15 is 0 Å². The molecule has 140 valence electrons. The zero-order valence-electron chi connectivity index (χ0n) is 15.4. The number of phenolic OH excluding ortho intramolecular Hbond substituents is 2. The molecule has 5 nitrogen and oxygen atoms in total. The lowest BCUT2D eigenvalue weighted by Crippen LogP contribution is -2.19. The maximum atomic E-state index is 12.7. The molecule has 0 radical (unpaired) electrons. The molecule has 0 aliphatic carbocycles. The summed E-state index contributed by atoms with van der Waals surface area (Å²) in [6.07, 6.45) is 9.73. The summed E-state index contributed by atoms with van der Waals surface area (Å²) >= 11 is 0. The molecule has 1 unspecified atom stereocenters. The number of carbonyl (C=O) groups excluding carboxylic acids is 1. The summed E-state index contributed by atoms with van der Waals surface area (Å²) in [6, 6.07) is 2.54. The SMILES string of the molecule is CCCC1C/C=C/CC/C(C)=C/C(=N)Cc2cc(O)cc(O)c2C(=O)O1. The lowest BCUT2D eigenvalue weighted by Gasteiger charge is -2.18. The fourth-order valence-corrected chi connectivity index (χ4v) is 3.10. The van der Waals surface area contributed by atoms with Crippen LogP contribution in [0.3, 0.4) is 0 Å². The lowest BCUT2D eigenvalue weighted by atomic mass is 9.98. The molecule has 2 rings (SSSR count). The van der Waals surface area contributed by atoms with Gasteiger partial charge in [0.15, 0.2) is 0 Å². The number of benzene rings is 1. The van der Waals surface area contributed by atoms with Crippen molar-refractivity contribution in [1.29, 1.82) is 5.41 Å². The second-order valence-electron chi connectivity index (χ2n) is 6.75. The number of esters is 1. The number of hydrogen-bond donors (Lipinski definition) is 3. The van der Waals surface area contributed by atoms with Crippen molar-refractivity contribution in [3.8, 4) is 11.5 Å². The highest BCUT2D eigenvalue weighted by Crippen LogP contribution is 2.29. The van der Waals surface area contributed by atoms with Gasteiger partial charge in [0.1, 0.15) is 23.2 Å². The Kier molecular flexibility index (Phi) is 7.01. The van der Waals surface area contributed by atoms with Gasteiger partial charge < -0.3 is 20.4 Å². The van der Waals surface area contributed by atoms with Gasteiger partial charge in [-0.25, -0.2) is 4.79 Å². The minimum absolute atomic E-state index is 0.0285. The third-order valence-electron chi connectivity index (χ3n) is 4.34. The molecule has 0 spiro atoms. The van der Waals surface area contributed by atoms with E-state index in [0.29, 0.717) is 17.7 Å². The van der Waals surface area contributed by atoms with Crippen LogP contribution in [0.4, 0.5) is 0 Å². The third kappa shape index (κ3) is 5.48.